The van der Waals surface area contributed by atoms with Gasteiger partial charge in [0.15, 0.2) is 0 Å². The molecule has 2 aliphatic rings. The standard InChI is InChI=1S/C24H28N4O2S/c1-27-14-12-21(13-15-27)25-26-23(30)19-7-9-20(10-8-19)24-28(22(29)17-31-24)16-11-18-5-3-2-4-6-18/h2-10,24H,11-17H2,1H3,(H,26,30)/t24-/m1/s1. The first-order valence-electron chi connectivity index (χ1n) is 10.7. The number of carbonyl (C=O) groups is 2. The zero-order chi connectivity index (χ0) is 21.6. The fourth-order valence-electron chi connectivity index (χ4n) is 3.85. The van der Waals surface area contributed by atoms with Gasteiger partial charge in [-0.2, -0.15) is 5.10 Å². The Kier molecular flexibility index (Phi) is 7.04. The molecule has 0 aliphatic carbocycles. The molecule has 0 radical (unpaired) electrons. The molecule has 2 saturated heterocycles. The molecule has 4 rings (SSSR count). The fourth-order valence-corrected chi connectivity index (χ4v) is 5.07. The van der Waals surface area contributed by atoms with Crippen LogP contribution in [-0.2, 0) is 11.2 Å². The third-order valence-corrected chi connectivity index (χ3v) is 7.05. The SMILES string of the molecule is CN1CCC(=NNC(=O)c2ccc([C@H]3SCC(=O)N3CCc3ccccc3)cc2)CC1. The van der Waals surface area contributed by atoms with Crippen molar-refractivity contribution in [3.63, 3.8) is 0 Å². The van der Waals surface area contributed by atoms with Gasteiger partial charge in [-0.25, -0.2) is 5.43 Å². The molecule has 2 fully saturated rings. The van der Waals surface area contributed by atoms with E-state index < -0.39 is 0 Å². The Balaban J connectivity index is 1.36. The summed E-state index contributed by atoms with van der Waals surface area (Å²) in [5.41, 5.74) is 6.57. The van der Waals surface area contributed by atoms with E-state index in [0.717, 1.165) is 43.6 Å². The van der Waals surface area contributed by atoms with Gasteiger partial charge in [-0.3, -0.25) is 9.59 Å². The number of rotatable bonds is 6. The third kappa shape index (κ3) is 5.54. The second kappa shape index (κ2) is 10.1. The number of amides is 2. The molecule has 2 amide bonds. The minimum absolute atomic E-state index is 0.00667. The zero-order valence-corrected chi connectivity index (χ0v) is 18.6. The Bertz CT molecular complexity index is 936. The van der Waals surface area contributed by atoms with Crippen LogP contribution in [0.1, 0.15) is 39.7 Å². The van der Waals surface area contributed by atoms with Crippen molar-refractivity contribution in [2.24, 2.45) is 5.10 Å². The summed E-state index contributed by atoms with van der Waals surface area (Å²) in [5.74, 6) is 0.463. The summed E-state index contributed by atoms with van der Waals surface area (Å²) in [6, 6.07) is 17.8. The first-order chi connectivity index (χ1) is 15.1. The zero-order valence-electron chi connectivity index (χ0n) is 17.8. The Morgan fingerprint density at radius 1 is 1.10 bits per heavy atom. The van der Waals surface area contributed by atoms with Gasteiger partial charge in [0.05, 0.1) is 5.75 Å². The summed E-state index contributed by atoms with van der Waals surface area (Å²) >= 11 is 1.64. The van der Waals surface area contributed by atoms with Crippen molar-refractivity contribution in [1.82, 2.24) is 15.2 Å². The summed E-state index contributed by atoms with van der Waals surface area (Å²) in [4.78, 5) is 29.1. The van der Waals surface area contributed by atoms with Gasteiger partial charge >= 0.3 is 0 Å². The van der Waals surface area contributed by atoms with E-state index >= 15 is 0 Å². The maximum Gasteiger partial charge on any atom is 0.271 e. The molecule has 1 N–H and O–H groups in total. The van der Waals surface area contributed by atoms with E-state index in [2.05, 4.69) is 34.6 Å². The Morgan fingerprint density at radius 3 is 2.52 bits per heavy atom. The van der Waals surface area contributed by atoms with Crippen LogP contribution in [0.15, 0.2) is 59.7 Å². The number of piperidine rings is 1. The van der Waals surface area contributed by atoms with Crippen molar-refractivity contribution in [3.05, 3.63) is 71.3 Å². The second-order valence-electron chi connectivity index (χ2n) is 8.03. The summed E-state index contributed by atoms with van der Waals surface area (Å²) in [5, 5.41) is 4.30. The molecule has 0 bridgehead atoms. The van der Waals surface area contributed by atoms with Crippen LogP contribution in [0.3, 0.4) is 0 Å². The largest absolute Gasteiger partial charge is 0.326 e. The predicted molar refractivity (Wildman–Crippen MR) is 125 cm³/mol. The lowest BCUT2D eigenvalue weighted by molar-refractivity contribution is -0.128. The average Bonchev–Trinajstić information content (AvgIpc) is 3.18. The molecule has 0 spiro atoms. The van der Waals surface area contributed by atoms with E-state index in [1.54, 1.807) is 11.8 Å². The smallest absolute Gasteiger partial charge is 0.271 e. The molecule has 2 aliphatic heterocycles. The molecule has 2 aromatic rings. The summed E-state index contributed by atoms with van der Waals surface area (Å²) in [6.45, 7) is 2.64. The third-order valence-electron chi connectivity index (χ3n) is 5.79. The number of nitrogens with one attached hydrogen (secondary N) is 1. The highest BCUT2D eigenvalue weighted by Crippen LogP contribution is 2.38. The molecular formula is C24H28N4O2S. The van der Waals surface area contributed by atoms with Crippen LogP contribution in [0.5, 0.6) is 0 Å². The van der Waals surface area contributed by atoms with Crippen molar-refractivity contribution in [1.29, 1.82) is 0 Å². The highest BCUT2D eigenvalue weighted by atomic mass is 32.2. The monoisotopic (exact) mass is 436 g/mol. The molecule has 6 nitrogen and oxygen atoms in total. The predicted octanol–water partition coefficient (Wildman–Crippen LogP) is 3.31. The van der Waals surface area contributed by atoms with Crippen molar-refractivity contribution in [2.75, 3.05) is 32.4 Å². The van der Waals surface area contributed by atoms with Gasteiger partial charge in [0.25, 0.3) is 5.91 Å². The van der Waals surface area contributed by atoms with E-state index in [-0.39, 0.29) is 17.2 Å². The minimum Gasteiger partial charge on any atom is -0.326 e. The molecule has 2 heterocycles. The van der Waals surface area contributed by atoms with Gasteiger partial charge in [0.1, 0.15) is 5.37 Å². The lowest BCUT2D eigenvalue weighted by Gasteiger charge is -2.24. The van der Waals surface area contributed by atoms with E-state index in [1.807, 2.05) is 47.4 Å². The number of hydrazone groups is 1. The maximum atomic E-state index is 12.5. The number of thioether (sulfide) groups is 1. The number of hydrogen-bond donors (Lipinski definition) is 1. The van der Waals surface area contributed by atoms with Gasteiger partial charge in [0, 0.05) is 43.8 Å². The summed E-state index contributed by atoms with van der Waals surface area (Å²) in [7, 11) is 2.09. The number of carbonyl (C=O) groups excluding carboxylic acids is 2. The highest BCUT2D eigenvalue weighted by molar-refractivity contribution is 8.00. The maximum absolute atomic E-state index is 12.5. The van der Waals surface area contributed by atoms with E-state index in [1.165, 1.54) is 5.56 Å². The molecule has 1 atom stereocenters. The van der Waals surface area contributed by atoms with Crippen molar-refractivity contribution in [2.45, 2.75) is 24.6 Å². The molecule has 0 saturated carbocycles. The van der Waals surface area contributed by atoms with E-state index in [0.29, 0.717) is 17.9 Å². The van der Waals surface area contributed by atoms with Gasteiger partial charge in [-0.15, -0.1) is 11.8 Å². The normalized spacial score (nSPS) is 19.5. The van der Waals surface area contributed by atoms with Gasteiger partial charge < -0.3 is 9.80 Å². The molecule has 2 aromatic carbocycles. The molecule has 162 valence electrons. The van der Waals surface area contributed by atoms with Crippen molar-refractivity contribution < 1.29 is 9.59 Å². The van der Waals surface area contributed by atoms with Crippen molar-refractivity contribution in [3.8, 4) is 0 Å². The summed E-state index contributed by atoms with van der Waals surface area (Å²) in [6.07, 6.45) is 2.61. The quantitative estimate of drug-likeness (QED) is 0.706. The van der Waals surface area contributed by atoms with Gasteiger partial charge in [-0.05, 0) is 36.7 Å². The van der Waals surface area contributed by atoms with Crippen LogP contribution in [0.2, 0.25) is 0 Å². The topological polar surface area (TPSA) is 65.0 Å². The first kappa shape index (κ1) is 21.6. The average molecular weight is 437 g/mol. The van der Waals surface area contributed by atoms with Crippen molar-refractivity contribution >= 4 is 29.3 Å². The fraction of sp³-hybridized carbons (Fsp3) is 0.375. The number of likely N-dealkylation sites (tertiary alicyclic amines) is 1. The highest BCUT2D eigenvalue weighted by Gasteiger charge is 2.32. The minimum atomic E-state index is -0.200. The Hall–Kier alpha value is -2.64. The number of hydrogen-bond acceptors (Lipinski definition) is 5. The van der Waals surface area contributed by atoms with E-state index in [4.69, 9.17) is 0 Å². The second-order valence-corrected chi connectivity index (χ2v) is 9.10. The molecule has 7 heteroatoms. The van der Waals surface area contributed by atoms with Gasteiger partial charge in [-0.1, -0.05) is 42.5 Å². The van der Waals surface area contributed by atoms with Crippen LogP contribution in [0.4, 0.5) is 0 Å². The number of nitrogens with zero attached hydrogens (tertiary/aromatic N) is 3. The molecular weight excluding hydrogens is 408 g/mol. The van der Waals surface area contributed by atoms with Crippen LogP contribution < -0.4 is 5.43 Å². The number of benzene rings is 2. The summed E-state index contributed by atoms with van der Waals surface area (Å²) < 4.78 is 0. The lowest BCUT2D eigenvalue weighted by Crippen LogP contribution is -2.32. The molecule has 0 unspecified atom stereocenters. The Labute approximate surface area is 187 Å². The van der Waals surface area contributed by atoms with Crippen LogP contribution in [0.25, 0.3) is 0 Å². The molecule has 31 heavy (non-hydrogen) atoms. The van der Waals surface area contributed by atoms with Crippen LogP contribution in [-0.4, -0.2) is 59.8 Å². The molecule has 0 aromatic heterocycles. The first-order valence-corrected chi connectivity index (χ1v) is 11.7. The van der Waals surface area contributed by atoms with Crippen LogP contribution in [0, 0.1) is 0 Å². The van der Waals surface area contributed by atoms with E-state index in [9.17, 15) is 9.59 Å². The Morgan fingerprint density at radius 2 is 1.81 bits per heavy atom. The lowest BCUT2D eigenvalue weighted by atomic mass is 10.1. The van der Waals surface area contributed by atoms with Crippen LogP contribution >= 0.6 is 11.8 Å². The van der Waals surface area contributed by atoms with Gasteiger partial charge in [0.2, 0.25) is 5.91 Å².